The molecular weight excluding hydrogens is 242 g/mol. The van der Waals surface area contributed by atoms with Crippen LogP contribution >= 0.6 is 11.8 Å². The minimum Gasteiger partial charge on any atom is -0.396 e. The van der Waals surface area contributed by atoms with Gasteiger partial charge in [0.25, 0.3) is 0 Å². The summed E-state index contributed by atoms with van der Waals surface area (Å²) in [5.41, 5.74) is 0. The van der Waals surface area contributed by atoms with Crippen molar-refractivity contribution < 1.29 is 5.11 Å². The van der Waals surface area contributed by atoms with Gasteiger partial charge in [-0.1, -0.05) is 51.4 Å². The van der Waals surface area contributed by atoms with Gasteiger partial charge in [-0.2, -0.15) is 11.8 Å². The molecule has 1 aliphatic carbocycles. The Morgan fingerprint density at radius 2 is 1.50 bits per heavy atom. The Balaban J connectivity index is 2.43. The first kappa shape index (κ1) is 16.3. The summed E-state index contributed by atoms with van der Waals surface area (Å²) in [6.07, 6.45) is 13.9. The second-order valence-corrected chi connectivity index (χ2v) is 6.78. The van der Waals surface area contributed by atoms with Crippen molar-refractivity contribution in [3.63, 3.8) is 0 Å². The van der Waals surface area contributed by atoms with E-state index in [4.69, 9.17) is 5.11 Å². The van der Waals surface area contributed by atoms with Crippen LogP contribution < -0.4 is 5.32 Å². The summed E-state index contributed by atoms with van der Waals surface area (Å²) in [5, 5.41) is 13.2. The molecule has 0 saturated heterocycles. The van der Waals surface area contributed by atoms with Gasteiger partial charge in [0.1, 0.15) is 0 Å². The van der Waals surface area contributed by atoms with Crippen LogP contribution in [0.1, 0.15) is 64.2 Å². The van der Waals surface area contributed by atoms with Crippen LogP contribution in [0.3, 0.4) is 0 Å². The predicted octanol–water partition coefficient (Wildman–Crippen LogP) is 3.58. The van der Waals surface area contributed by atoms with E-state index in [0.29, 0.717) is 17.9 Å². The molecule has 0 aromatic carbocycles. The monoisotopic (exact) mass is 273 g/mol. The van der Waals surface area contributed by atoms with E-state index in [2.05, 4.69) is 12.4 Å². The lowest BCUT2D eigenvalue weighted by Crippen LogP contribution is -2.36. The molecule has 1 saturated carbocycles. The highest BCUT2D eigenvalue weighted by Gasteiger charge is 2.19. The van der Waals surface area contributed by atoms with E-state index < -0.39 is 0 Å². The molecule has 0 spiro atoms. The molecule has 3 heteroatoms. The summed E-state index contributed by atoms with van der Waals surface area (Å²) in [6, 6.07) is 0.640. The van der Waals surface area contributed by atoms with E-state index in [-0.39, 0.29) is 0 Å². The van der Waals surface area contributed by atoms with Gasteiger partial charge >= 0.3 is 0 Å². The SMILES string of the molecule is CNC1CCCCCCCCCCC1SCCO. The van der Waals surface area contributed by atoms with E-state index in [1.54, 1.807) is 0 Å². The summed E-state index contributed by atoms with van der Waals surface area (Å²) in [6.45, 7) is 0.317. The maximum Gasteiger partial charge on any atom is 0.0521 e. The first-order valence-corrected chi connectivity index (χ1v) is 8.83. The summed E-state index contributed by atoms with van der Waals surface area (Å²) in [5.74, 6) is 0.892. The quantitative estimate of drug-likeness (QED) is 0.821. The Morgan fingerprint density at radius 3 is 2.06 bits per heavy atom. The van der Waals surface area contributed by atoms with Gasteiger partial charge in [-0.3, -0.25) is 0 Å². The summed E-state index contributed by atoms with van der Waals surface area (Å²) in [7, 11) is 2.10. The molecule has 2 nitrogen and oxygen atoms in total. The van der Waals surface area contributed by atoms with E-state index in [1.165, 1.54) is 64.2 Å². The molecule has 108 valence electrons. The van der Waals surface area contributed by atoms with Gasteiger partial charge in [0.05, 0.1) is 6.61 Å². The van der Waals surface area contributed by atoms with Crippen molar-refractivity contribution in [1.82, 2.24) is 5.32 Å². The van der Waals surface area contributed by atoms with Crippen LogP contribution in [-0.2, 0) is 0 Å². The number of nitrogens with one attached hydrogen (secondary N) is 1. The second kappa shape index (κ2) is 11.1. The molecule has 1 rings (SSSR count). The smallest absolute Gasteiger partial charge is 0.0521 e. The standard InChI is InChI=1S/C15H31NOS/c1-16-14-10-8-6-4-2-3-5-7-9-11-15(14)18-13-12-17/h14-17H,2-13H2,1H3. The highest BCUT2D eigenvalue weighted by Crippen LogP contribution is 2.25. The third-order valence-corrected chi connectivity index (χ3v) is 5.41. The zero-order valence-electron chi connectivity index (χ0n) is 12.0. The molecule has 1 fully saturated rings. The lowest BCUT2D eigenvalue weighted by Gasteiger charge is -2.27. The number of aliphatic hydroxyl groups is 1. The van der Waals surface area contributed by atoms with Crippen LogP contribution in [0.5, 0.6) is 0 Å². The Kier molecular flexibility index (Phi) is 10.1. The second-order valence-electron chi connectivity index (χ2n) is 5.43. The normalized spacial score (nSPS) is 28.3. The summed E-state index contributed by atoms with van der Waals surface area (Å²) >= 11 is 1.97. The van der Waals surface area contributed by atoms with Gasteiger partial charge in [-0.05, 0) is 19.9 Å². The van der Waals surface area contributed by atoms with Crippen molar-refractivity contribution >= 4 is 11.8 Å². The van der Waals surface area contributed by atoms with E-state index in [0.717, 1.165) is 5.75 Å². The number of rotatable bonds is 4. The third-order valence-electron chi connectivity index (χ3n) is 4.00. The first-order valence-electron chi connectivity index (χ1n) is 7.78. The Labute approximate surface area is 117 Å². The van der Waals surface area contributed by atoms with Crippen LogP contribution in [0.2, 0.25) is 0 Å². The van der Waals surface area contributed by atoms with Gasteiger partial charge < -0.3 is 10.4 Å². The Morgan fingerprint density at radius 1 is 0.944 bits per heavy atom. The topological polar surface area (TPSA) is 32.3 Å². The molecule has 0 radical (unpaired) electrons. The van der Waals surface area contributed by atoms with Crippen molar-refractivity contribution in [2.75, 3.05) is 19.4 Å². The molecule has 2 atom stereocenters. The molecule has 0 amide bonds. The van der Waals surface area contributed by atoms with E-state index in [9.17, 15) is 0 Å². The maximum absolute atomic E-state index is 9.02. The van der Waals surface area contributed by atoms with Crippen LogP contribution in [0.25, 0.3) is 0 Å². The highest BCUT2D eigenvalue weighted by atomic mass is 32.2. The molecule has 1 aliphatic rings. The van der Waals surface area contributed by atoms with Gasteiger partial charge in [-0.15, -0.1) is 0 Å². The lowest BCUT2D eigenvalue weighted by molar-refractivity contribution is 0.322. The average molecular weight is 273 g/mol. The molecule has 0 aromatic heterocycles. The number of thioether (sulfide) groups is 1. The fraction of sp³-hybridized carbons (Fsp3) is 1.00. The third kappa shape index (κ3) is 7.01. The van der Waals surface area contributed by atoms with Crippen molar-refractivity contribution in [3.05, 3.63) is 0 Å². The highest BCUT2D eigenvalue weighted by molar-refractivity contribution is 7.99. The number of hydrogen-bond donors (Lipinski definition) is 2. The molecule has 0 bridgehead atoms. The van der Waals surface area contributed by atoms with Gasteiger partial charge in [0.15, 0.2) is 0 Å². The fourth-order valence-corrected chi connectivity index (χ4v) is 4.14. The zero-order chi connectivity index (χ0) is 13.1. The summed E-state index contributed by atoms with van der Waals surface area (Å²) < 4.78 is 0. The largest absolute Gasteiger partial charge is 0.396 e. The first-order chi connectivity index (χ1) is 8.88. The van der Waals surface area contributed by atoms with Crippen molar-refractivity contribution in [2.24, 2.45) is 0 Å². The Bertz CT molecular complexity index is 189. The molecular formula is C15H31NOS. The average Bonchev–Trinajstić information content (AvgIpc) is 2.38. The Hall–Kier alpha value is 0.270. The van der Waals surface area contributed by atoms with E-state index in [1.807, 2.05) is 11.8 Å². The molecule has 18 heavy (non-hydrogen) atoms. The molecule has 0 heterocycles. The molecule has 2 unspecified atom stereocenters. The summed E-state index contributed by atoms with van der Waals surface area (Å²) in [4.78, 5) is 0. The molecule has 0 aliphatic heterocycles. The number of aliphatic hydroxyl groups excluding tert-OH is 1. The van der Waals surface area contributed by atoms with E-state index >= 15 is 0 Å². The van der Waals surface area contributed by atoms with Crippen molar-refractivity contribution in [3.8, 4) is 0 Å². The predicted molar refractivity (Wildman–Crippen MR) is 82.3 cm³/mol. The van der Waals surface area contributed by atoms with Gasteiger partial charge in [-0.25, -0.2) is 0 Å². The maximum atomic E-state index is 9.02. The molecule has 2 N–H and O–H groups in total. The van der Waals surface area contributed by atoms with Gasteiger partial charge in [0.2, 0.25) is 0 Å². The van der Waals surface area contributed by atoms with Crippen LogP contribution in [-0.4, -0.2) is 35.8 Å². The van der Waals surface area contributed by atoms with Crippen LogP contribution in [0.4, 0.5) is 0 Å². The fourth-order valence-electron chi connectivity index (χ4n) is 2.89. The molecule has 0 aromatic rings. The van der Waals surface area contributed by atoms with Crippen molar-refractivity contribution in [1.29, 1.82) is 0 Å². The van der Waals surface area contributed by atoms with Gasteiger partial charge in [0, 0.05) is 17.0 Å². The minimum absolute atomic E-state index is 0.317. The van der Waals surface area contributed by atoms with Crippen molar-refractivity contribution in [2.45, 2.75) is 75.5 Å². The minimum atomic E-state index is 0.317. The van der Waals surface area contributed by atoms with Crippen LogP contribution in [0.15, 0.2) is 0 Å². The lowest BCUT2D eigenvalue weighted by atomic mass is 9.97. The number of hydrogen-bond acceptors (Lipinski definition) is 3. The zero-order valence-corrected chi connectivity index (χ0v) is 12.8. The van der Waals surface area contributed by atoms with Crippen LogP contribution in [0, 0.1) is 0 Å².